The van der Waals surface area contributed by atoms with E-state index < -0.39 is 0 Å². The highest BCUT2D eigenvalue weighted by Crippen LogP contribution is 2.19. The van der Waals surface area contributed by atoms with E-state index >= 15 is 0 Å². The molecule has 2 aromatic rings. The summed E-state index contributed by atoms with van der Waals surface area (Å²) < 4.78 is 13.0. The summed E-state index contributed by atoms with van der Waals surface area (Å²) in [7, 11) is 1.76. The molecule has 0 atom stereocenters. The molecular weight excluding hydrogens is 269 g/mol. The highest BCUT2D eigenvalue weighted by molar-refractivity contribution is 6.06. The van der Waals surface area contributed by atoms with E-state index in [1.54, 1.807) is 36.2 Å². The van der Waals surface area contributed by atoms with Crippen LogP contribution in [0.4, 0.5) is 15.9 Å². The Bertz CT molecular complexity index is 640. The molecule has 1 amide bonds. The zero-order valence-electron chi connectivity index (χ0n) is 12.4. The van der Waals surface area contributed by atoms with Crippen LogP contribution in [-0.2, 0) is 0 Å². The first-order valence-corrected chi connectivity index (χ1v) is 6.79. The van der Waals surface area contributed by atoms with Gasteiger partial charge in [0.25, 0.3) is 5.91 Å². The third-order valence-corrected chi connectivity index (χ3v) is 3.16. The van der Waals surface area contributed by atoms with Crippen LogP contribution >= 0.6 is 0 Å². The molecule has 0 bridgehead atoms. The van der Waals surface area contributed by atoms with Crippen molar-refractivity contribution in [3.8, 4) is 0 Å². The van der Waals surface area contributed by atoms with Gasteiger partial charge in [0.1, 0.15) is 11.6 Å². The van der Waals surface area contributed by atoms with Crippen LogP contribution in [0.15, 0.2) is 36.4 Å². The average molecular weight is 287 g/mol. The number of hydrogen-bond donors (Lipinski definition) is 1. The fraction of sp³-hybridized carbons (Fsp3) is 0.250. The fourth-order valence-electron chi connectivity index (χ4n) is 2.14. The van der Waals surface area contributed by atoms with Crippen molar-refractivity contribution in [3.05, 3.63) is 53.5 Å². The number of anilines is 2. The van der Waals surface area contributed by atoms with Crippen LogP contribution in [0, 0.1) is 12.7 Å². The number of hydrogen-bond acceptors (Lipinski definition) is 3. The fourth-order valence-corrected chi connectivity index (χ4v) is 2.14. The Morgan fingerprint density at radius 3 is 2.52 bits per heavy atom. The van der Waals surface area contributed by atoms with Gasteiger partial charge in [-0.1, -0.05) is 0 Å². The number of aromatic nitrogens is 1. The van der Waals surface area contributed by atoms with Crippen molar-refractivity contribution in [1.29, 1.82) is 0 Å². The third kappa shape index (κ3) is 3.37. The number of aryl methyl sites for hydroxylation is 1. The topological polar surface area (TPSA) is 45.2 Å². The van der Waals surface area contributed by atoms with Gasteiger partial charge in [-0.05, 0) is 50.2 Å². The van der Waals surface area contributed by atoms with Crippen molar-refractivity contribution in [3.63, 3.8) is 0 Å². The maximum absolute atomic E-state index is 13.0. The summed E-state index contributed by atoms with van der Waals surface area (Å²) in [5.74, 6) is 0.194. The van der Waals surface area contributed by atoms with E-state index in [2.05, 4.69) is 10.3 Å². The minimum Gasteiger partial charge on any atom is -0.373 e. The van der Waals surface area contributed by atoms with E-state index in [1.165, 1.54) is 12.1 Å². The van der Waals surface area contributed by atoms with Gasteiger partial charge in [-0.15, -0.1) is 0 Å². The zero-order valence-corrected chi connectivity index (χ0v) is 12.4. The number of carbonyl (C=O) groups is 1. The molecule has 1 aromatic heterocycles. The lowest BCUT2D eigenvalue weighted by molar-refractivity contribution is 0.0988. The smallest absolute Gasteiger partial charge is 0.258 e. The second kappa shape index (κ2) is 6.35. The molecular formula is C16H18FN3O. The van der Waals surface area contributed by atoms with E-state index in [1.807, 2.05) is 13.8 Å². The zero-order chi connectivity index (χ0) is 15.4. The molecule has 2 rings (SSSR count). The predicted octanol–water partition coefficient (Wildman–Crippen LogP) is 3.24. The number of amides is 1. The van der Waals surface area contributed by atoms with Crippen molar-refractivity contribution in [2.45, 2.75) is 13.8 Å². The Kier molecular flexibility index (Phi) is 4.52. The summed E-state index contributed by atoms with van der Waals surface area (Å²) in [5.41, 5.74) is 1.99. The normalized spacial score (nSPS) is 10.3. The van der Waals surface area contributed by atoms with Gasteiger partial charge in [0.2, 0.25) is 0 Å². The van der Waals surface area contributed by atoms with Gasteiger partial charge in [-0.3, -0.25) is 4.79 Å². The molecule has 4 nitrogen and oxygen atoms in total. The van der Waals surface area contributed by atoms with E-state index in [-0.39, 0.29) is 11.7 Å². The van der Waals surface area contributed by atoms with Gasteiger partial charge >= 0.3 is 0 Å². The molecule has 0 unspecified atom stereocenters. The van der Waals surface area contributed by atoms with Crippen molar-refractivity contribution in [2.24, 2.45) is 0 Å². The molecule has 110 valence electrons. The molecule has 1 N–H and O–H groups in total. The number of nitrogens with one attached hydrogen (secondary N) is 1. The molecule has 1 heterocycles. The summed E-state index contributed by atoms with van der Waals surface area (Å²) >= 11 is 0. The molecule has 0 aliphatic heterocycles. The highest BCUT2D eigenvalue weighted by Gasteiger charge is 2.17. The quantitative estimate of drug-likeness (QED) is 0.939. The monoisotopic (exact) mass is 287 g/mol. The second-order valence-corrected chi connectivity index (χ2v) is 4.66. The van der Waals surface area contributed by atoms with Gasteiger partial charge < -0.3 is 10.2 Å². The predicted molar refractivity (Wildman–Crippen MR) is 82.3 cm³/mol. The Morgan fingerprint density at radius 2 is 1.95 bits per heavy atom. The van der Waals surface area contributed by atoms with E-state index in [0.717, 1.165) is 5.69 Å². The Balaban J connectivity index is 2.36. The molecule has 21 heavy (non-hydrogen) atoms. The number of pyridine rings is 1. The second-order valence-electron chi connectivity index (χ2n) is 4.66. The van der Waals surface area contributed by atoms with E-state index in [0.29, 0.717) is 23.6 Å². The first-order valence-electron chi connectivity index (χ1n) is 6.79. The molecule has 0 saturated heterocycles. The standard InChI is InChI=1S/C16H18FN3O/c1-4-20(14-7-5-13(17)6-8-14)16(21)12-9-11(2)19-15(10-12)18-3/h5-10H,4H2,1-3H3,(H,18,19). The maximum atomic E-state index is 13.0. The number of carbonyl (C=O) groups excluding carboxylic acids is 1. The molecule has 0 aliphatic rings. The van der Waals surface area contributed by atoms with Crippen LogP contribution in [-0.4, -0.2) is 24.5 Å². The largest absolute Gasteiger partial charge is 0.373 e. The summed E-state index contributed by atoms with van der Waals surface area (Å²) in [6.45, 7) is 4.22. The van der Waals surface area contributed by atoms with Crippen LogP contribution in [0.25, 0.3) is 0 Å². The van der Waals surface area contributed by atoms with Gasteiger partial charge in [0.15, 0.2) is 0 Å². The van der Waals surface area contributed by atoms with Crippen molar-refractivity contribution >= 4 is 17.4 Å². The lowest BCUT2D eigenvalue weighted by Gasteiger charge is -2.21. The Labute approximate surface area is 123 Å². The van der Waals surface area contributed by atoms with E-state index in [9.17, 15) is 9.18 Å². The van der Waals surface area contributed by atoms with E-state index in [4.69, 9.17) is 0 Å². The van der Waals surface area contributed by atoms with Crippen LogP contribution < -0.4 is 10.2 Å². The van der Waals surface area contributed by atoms with Gasteiger partial charge in [0, 0.05) is 30.5 Å². The van der Waals surface area contributed by atoms with Gasteiger partial charge in [-0.2, -0.15) is 0 Å². The van der Waals surface area contributed by atoms with Crippen LogP contribution in [0.3, 0.4) is 0 Å². The summed E-state index contributed by atoms with van der Waals surface area (Å²) in [4.78, 5) is 18.5. The van der Waals surface area contributed by atoms with Gasteiger partial charge in [0.05, 0.1) is 0 Å². The van der Waals surface area contributed by atoms with Gasteiger partial charge in [-0.25, -0.2) is 9.37 Å². The average Bonchev–Trinajstić information content (AvgIpc) is 2.49. The SMILES string of the molecule is CCN(C(=O)c1cc(C)nc(NC)c1)c1ccc(F)cc1. The summed E-state index contributed by atoms with van der Waals surface area (Å²) in [6, 6.07) is 9.36. The van der Waals surface area contributed by atoms with Crippen LogP contribution in [0.5, 0.6) is 0 Å². The number of halogens is 1. The molecule has 0 spiro atoms. The Morgan fingerprint density at radius 1 is 1.29 bits per heavy atom. The molecule has 0 saturated carbocycles. The Hall–Kier alpha value is -2.43. The first-order chi connectivity index (χ1) is 10.0. The first kappa shape index (κ1) is 15.0. The number of benzene rings is 1. The molecule has 0 aliphatic carbocycles. The minimum atomic E-state index is -0.320. The molecule has 5 heteroatoms. The van der Waals surface area contributed by atoms with Crippen molar-refractivity contribution in [1.82, 2.24) is 4.98 Å². The molecule has 0 fully saturated rings. The van der Waals surface area contributed by atoms with Crippen molar-refractivity contribution < 1.29 is 9.18 Å². The number of rotatable bonds is 4. The lowest BCUT2D eigenvalue weighted by Crippen LogP contribution is -2.30. The lowest BCUT2D eigenvalue weighted by atomic mass is 10.1. The van der Waals surface area contributed by atoms with Crippen LogP contribution in [0.2, 0.25) is 0 Å². The highest BCUT2D eigenvalue weighted by atomic mass is 19.1. The summed E-state index contributed by atoms with van der Waals surface area (Å²) in [6.07, 6.45) is 0. The minimum absolute atomic E-state index is 0.133. The summed E-state index contributed by atoms with van der Waals surface area (Å²) in [5, 5.41) is 2.94. The number of nitrogens with zero attached hydrogens (tertiary/aromatic N) is 2. The van der Waals surface area contributed by atoms with Crippen molar-refractivity contribution in [2.75, 3.05) is 23.8 Å². The maximum Gasteiger partial charge on any atom is 0.258 e. The van der Waals surface area contributed by atoms with Crippen LogP contribution in [0.1, 0.15) is 23.0 Å². The molecule has 1 aromatic carbocycles. The third-order valence-electron chi connectivity index (χ3n) is 3.16. The molecule has 0 radical (unpaired) electrons.